The molecule has 4 nitrogen and oxygen atoms in total. The van der Waals surface area contributed by atoms with Crippen LogP contribution >= 0.6 is 0 Å². The van der Waals surface area contributed by atoms with Crippen molar-refractivity contribution < 1.29 is 19.4 Å². The molecule has 0 aromatic heterocycles. The number of phenolic OH excluding ortho intramolecular Hbond substituents is 1. The SMILES string of the molecule is C=C(C)C(=O)Oc1ccc(O)cc1C(=O)CCC. The molecule has 0 saturated carbocycles. The van der Waals surface area contributed by atoms with Gasteiger partial charge in [-0.1, -0.05) is 13.5 Å². The molecule has 0 radical (unpaired) electrons. The van der Waals surface area contributed by atoms with Crippen molar-refractivity contribution in [3.05, 3.63) is 35.9 Å². The summed E-state index contributed by atoms with van der Waals surface area (Å²) >= 11 is 0. The normalized spacial score (nSPS) is 9.89. The minimum Gasteiger partial charge on any atom is -0.508 e. The molecule has 0 aliphatic carbocycles. The van der Waals surface area contributed by atoms with Crippen molar-refractivity contribution in [2.45, 2.75) is 26.7 Å². The summed E-state index contributed by atoms with van der Waals surface area (Å²) in [5.74, 6) is -0.645. The number of hydrogen-bond acceptors (Lipinski definition) is 4. The molecule has 0 spiro atoms. The first-order chi connectivity index (χ1) is 8.45. The van der Waals surface area contributed by atoms with Gasteiger partial charge in [-0.3, -0.25) is 4.79 Å². The molecule has 0 saturated heterocycles. The van der Waals surface area contributed by atoms with Gasteiger partial charge in [0, 0.05) is 12.0 Å². The van der Waals surface area contributed by atoms with Crippen LogP contribution in [0.4, 0.5) is 0 Å². The van der Waals surface area contributed by atoms with Crippen LogP contribution < -0.4 is 4.74 Å². The number of ketones is 1. The van der Waals surface area contributed by atoms with Crippen LogP contribution in [0.1, 0.15) is 37.0 Å². The number of phenols is 1. The highest BCUT2D eigenvalue weighted by Crippen LogP contribution is 2.25. The number of esters is 1. The molecule has 0 fully saturated rings. The number of carbonyl (C=O) groups is 2. The molecule has 1 aromatic carbocycles. The number of benzene rings is 1. The highest BCUT2D eigenvalue weighted by Gasteiger charge is 2.15. The molecule has 1 aromatic rings. The Labute approximate surface area is 106 Å². The molecule has 0 amide bonds. The van der Waals surface area contributed by atoms with Crippen molar-refractivity contribution in [3.8, 4) is 11.5 Å². The molecule has 0 unspecified atom stereocenters. The third-order valence-electron chi connectivity index (χ3n) is 2.29. The van der Waals surface area contributed by atoms with E-state index >= 15 is 0 Å². The third kappa shape index (κ3) is 3.45. The van der Waals surface area contributed by atoms with E-state index in [4.69, 9.17) is 4.74 Å². The molecule has 0 aliphatic rings. The van der Waals surface area contributed by atoms with Crippen LogP contribution in [0.5, 0.6) is 11.5 Å². The lowest BCUT2D eigenvalue weighted by Gasteiger charge is -2.09. The highest BCUT2D eigenvalue weighted by molar-refractivity contribution is 6.00. The molecule has 96 valence electrons. The van der Waals surface area contributed by atoms with E-state index in [1.807, 2.05) is 6.92 Å². The van der Waals surface area contributed by atoms with Crippen LogP contribution in [0.3, 0.4) is 0 Å². The van der Waals surface area contributed by atoms with Crippen LogP contribution in [0.2, 0.25) is 0 Å². The summed E-state index contributed by atoms with van der Waals surface area (Å²) in [5, 5.41) is 9.39. The topological polar surface area (TPSA) is 63.6 Å². The van der Waals surface area contributed by atoms with Gasteiger partial charge in [-0.05, 0) is 31.5 Å². The Hall–Kier alpha value is -2.10. The average Bonchev–Trinajstić information content (AvgIpc) is 2.31. The van der Waals surface area contributed by atoms with E-state index in [9.17, 15) is 14.7 Å². The molecule has 1 rings (SSSR count). The second kappa shape index (κ2) is 6.00. The monoisotopic (exact) mass is 248 g/mol. The Kier molecular flexibility index (Phi) is 4.66. The molecule has 1 N–H and O–H groups in total. The molecule has 0 heterocycles. The zero-order chi connectivity index (χ0) is 13.7. The number of carbonyl (C=O) groups excluding carboxylic acids is 2. The van der Waals surface area contributed by atoms with Gasteiger partial charge >= 0.3 is 5.97 Å². The summed E-state index contributed by atoms with van der Waals surface area (Å²) in [6.07, 6.45) is 1.02. The predicted octanol–water partition coefficient (Wildman–Crippen LogP) is 2.86. The van der Waals surface area contributed by atoms with E-state index in [1.165, 1.54) is 25.1 Å². The number of Topliss-reactive ketones (excluding diaryl/α,β-unsaturated/α-hetero) is 1. The van der Waals surface area contributed by atoms with Crippen LogP contribution in [-0.4, -0.2) is 16.9 Å². The van der Waals surface area contributed by atoms with E-state index in [-0.39, 0.29) is 28.4 Å². The summed E-state index contributed by atoms with van der Waals surface area (Å²) in [7, 11) is 0. The fourth-order valence-electron chi connectivity index (χ4n) is 1.37. The Morgan fingerprint density at radius 1 is 1.39 bits per heavy atom. The molecule has 0 atom stereocenters. The second-order valence-electron chi connectivity index (χ2n) is 4.02. The summed E-state index contributed by atoms with van der Waals surface area (Å²) in [4.78, 5) is 23.3. The van der Waals surface area contributed by atoms with Gasteiger partial charge in [0.15, 0.2) is 5.78 Å². The van der Waals surface area contributed by atoms with Crippen LogP contribution in [0.15, 0.2) is 30.4 Å². The first-order valence-electron chi connectivity index (χ1n) is 5.69. The Balaban J connectivity index is 3.07. The maximum absolute atomic E-state index is 11.8. The maximum atomic E-state index is 11.8. The van der Waals surface area contributed by atoms with Gasteiger partial charge in [-0.25, -0.2) is 4.79 Å². The van der Waals surface area contributed by atoms with E-state index in [0.717, 1.165) is 0 Å². The van der Waals surface area contributed by atoms with Crippen molar-refractivity contribution in [1.82, 2.24) is 0 Å². The Morgan fingerprint density at radius 3 is 2.61 bits per heavy atom. The molecular formula is C14H16O4. The molecule has 4 heteroatoms. The van der Waals surface area contributed by atoms with E-state index in [1.54, 1.807) is 0 Å². The first kappa shape index (κ1) is 14.0. The standard InChI is InChI=1S/C14H16O4/c1-4-5-12(16)11-8-10(15)6-7-13(11)18-14(17)9(2)3/h6-8,15H,2,4-5H2,1,3H3. The van der Waals surface area contributed by atoms with Crippen molar-refractivity contribution in [1.29, 1.82) is 0 Å². The lowest BCUT2D eigenvalue weighted by Crippen LogP contribution is -2.11. The van der Waals surface area contributed by atoms with E-state index in [2.05, 4.69) is 6.58 Å². The van der Waals surface area contributed by atoms with E-state index < -0.39 is 5.97 Å². The molecule has 0 bridgehead atoms. The zero-order valence-corrected chi connectivity index (χ0v) is 10.5. The number of aromatic hydroxyl groups is 1. The van der Waals surface area contributed by atoms with Gasteiger partial charge in [0.2, 0.25) is 0 Å². The first-order valence-corrected chi connectivity index (χ1v) is 5.69. The molecule has 18 heavy (non-hydrogen) atoms. The number of rotatable bonds is 5. The van der Waals surface area contributed by atoms with Gasteiger partial charge in [0.05, 0.1) is 5.56 Å². The predicted molar refractivity (Wildman–Crippen MR) is 67.8 cm³/mol. The Morgan fingerprint density at radius 2 is 2.06 bits per heavy atom. The minimum atomic E-state index is -0.591. The number of hydrogen-bond donors (Lipinski definition) is 1. The van der Waals surface area contributed by atoms with Crippen LogP contribution in [-0.2, 0) is 4.79 Å². The summed E-state index contributed by atoms with van der Waals surface area (Å²) in [6.45, 7) is 6.87. The van der Waals surface area contributed by atoms with Crippen LogP contribution in [0, 0.1) is 0 Å². The number of ether oxygens (including phenoxy) is 1. The van der Waals surface area contributed by atoms with Crippen molar-refractivity contribution >= 4 is 11.8 Å². The van der Waals surface area contributed by atoms with Crippen molar-refractivity contribution in [2.75, 3.05) is 0 Å². The van der Waals surface area contributed by atoms with Crippen LogP contribution in [0.25, 0.3) is 0 Å². The van der Waals surface area contributed by atoms with E-state index in [0.29, 0.717) is 12.8 Å². The maximum Gasteiger partial charge on any atom is 0.338 e. The lowest BCUT2D eigenvalue weighted by molar-refractivity contribution is -0.130. The zero-order valence-electron chi connectivity index (χ0n) is 10.5. The summed E-state index contributed by atoms with van der Waals surface area (Å²) in [6, 6.07) is 4.07. The summed E-state index contributed by atoms with van der Waals surface area (Å²) in [5.41, 5.74) is 0.461. The van der Waals surface area contributed by atoms with Gasteiger partial charge < -0.3 is 9.84 Å². The third-order valence-corrected chi connectivity index (χ3v) is 2.29. The largest absolute Gasteiger partial charge is 0.508 e. The van der Waals surface area contributed by atoms with Gasteiger partial charge in [-0.15, -0.1) is 0 Å². The fourth-order valence-corrected chi connectivity index (χ4v) is 1.37. The molecule has 0 aliphatic heterocycles. The average molecular weight is 248 g/mol. The fraction of sp³-hybridized carbons (Fsp3) is 0.286. The highest BCUT2D eigenvalue weighted by atomic mass is 16.5. The quantitative estimate of drug-likeness (QED) is 0.376. The van der Waals surface area contributed by atoms with Crippen molar-refractivity contribution in [2.24, 2.45) is 0 Å². The second-order valence-corrected chi connectivity index (χ2v) is 4.02. The van der Waals surface area contributed by atoms with Gasteiger partial charge in [-0.2, -0.15) is 0 Å². The van der Waals surface area contributed by atoms with Crippen molar-refractivity contribution in [3.63, 3.8) is 0 Å². The minimum absolute atomic E-state index is 0.0374. The lowest BCUT2D eigenvalue weighted by atomic mass is 10.1. The van der Waals surface area contributed by atoms with Gasteiger partial charge in [0.25, 0.3) is 0 Å². The smallest absolute Gasteiger partial charge is 0.338 e. The summed E-state index contributed by atoms with van der Waals surface area (Å²) < 4.78 is 5.06. The van der Waals surface area contributed by atoms with Gasteiger partial charge in [0.1, 0.15) is 11.5 Å². The molecular weight excluding hydrogens is 232 g/mol. The Bertz CT molecular complexity index is 489.